The van der Waals surface area contributed by atoms with Gasteiger partial charge in [0.15, 0.2) is 11.5 Å². The zero-order chi connectivity index (χ0) is 13.9. The van der Waals surface area contributed by atoms with E-state index in [9.17, 15) is 0 Å². The molecule has 0 amide bonds. The van der Waals surface area contributed by atoms with E-state index in [1.165, 1.54) is 0 Å². The summed E-state index contributed by atoms with van der Waals surface area (Å²) in [6.45, 7) is 1.38. The molecule has 0 saturated carbocycles. The lowest BCUT2D eigenvalue weighted by Gasteiger charge is -2.09. The molecule has 2 heterocycles. The van der Waals surface area contributed by atoms with Crippen LogP contribution in [0, 0.1) is 0 Å². The second-order valence-corrected chi connectivity index (χ2v) is 6.23. The maximum atomic E-state index is 5.69. The Morgan fingerprint density at radius 1 is 1.15 bits per heavy atom. The molecule has 0 aliphatic carbocycles. The van der Waals surface area contributed by atoms with Crippen molar-refractivity contribution in [3.8, 4) is 11.5 Å². The number of pyridine rings is 1. The molecule has 2 aromatic rings. The highest BCUT2D eigenvalue weighted by Crippen LogP contribution is 2.38. The predicted octanol–water partition coefficient (Wildman–Crippen LogP) is 3.74. The number of halogens is 1. The Morgan fingerprint density at radius 3 is 2.75 bits per heavy atom. The lowest BCUT2D eigenvalue weighted by atomic mass is 10.3. The lowest BCUT2D eigenvalue weighted by Crippen LogP contribution is -1.97. The van der Waals surface area contributed by atoms with Crippen molar-refractivity contribution < 1.29 is 9.47 Å². The van der Waals surface area contributed by atoms with Crippen molar-refractivity contribution in [3.05, 3.63) is 34.9 Å². The highest BCUT2D eigenvalue weighted by Gasteiger charge is 2.12. The van der Waals surface area contributed by atoms with Crippen LogP contribution in [0.25, 0.3) is 0 Å². The normalized spacial score (nSPS) is 13.8. The quantitative estimate of drug-likeness (QED) is 0.891. The Morgan fingerprint density at radius 2 is 1.95 bits per heavy atom. The predicted molar refractivity (Wildman–Crippen MR) is 82.5 cm³/mol. The van der Waals surface area contributed by atoms with Crippen LogP contribution >= 0.6 is 27.7 Å². The molecule has 1 aliphatic rings. The Kier molecular flexibility index (Phi) is 4.03. The van der Waals surface area contributed by atoms with E-state index in [0.29, 0.717) is 18.9 Å². The van der Waals surface area contributed by atoms with Crippen molar-refractivity contribution in [2.75, 3.05) is 18.9 Å². The minimum Gasteiger partial charge on any atom is -0.490 e. The monoisotopic (exact) mass is 352 g/mol. The van der Waals surface area contributed by atoms with E-state index in [-0.39, 0.29) is 0 Å². The number of fused-ring (bicyclic) bond motifs is 1. The Bertz CT molecular complexity index is 637. The fourth-order valence-corrected chi connectivity index (χ4v) is 3.23. The third kappa shape index (κ3) is 3.02. The summed E-state index contributed by atoms with van der Waals surface area (Å²) in [6, 6.07) is 7.77. The van der Waals surface area contributed by atoms with Gasteiger partial charge in [0.05, 0.1) is 29.6 Å². The van der Waals surface area contributed by atoms with E-state index in [1.54, 1.807) is 18.0 Å². The summed E-state index contributed by atoms with van der Waals surface area (Å²) < 4.78 is 12.2. The van der Waals surface area contributed by atoms with Gasteiger partial charge in [-0.05, 0) is 40.2 Å². The van der Waals surface area contributed by atoms with E-state index in [1.807, 2.05) is 24.3 Å². The van der Waals surface area contributed by atoms with Gasteiger partial charge in [-0.15, -0.1) is 0 Å². The summed E-state index contributed by atoms with van der Waals surface area (Å²) in [5.41, 5.74) is 6.33. The third-order valence-electron chi connectivity index (χ3n) is 2.76. The summed E-state index contributed by atoms with van der Waals surface area (Å²) >= 11 is 5.03. The molecule has 104 valence electrons. The van der Waals surface area contributed by atoms with Crippen LogP contribution in [-0.2, 0) is 0 Å². The van der Waals surface area contributed by atoms with Gasteiger partial charge in [-0.25, -0.2) is 4.98 Å². The van der Waals surface area contributed by atoms with Crippen LogP contribution in [0.3, 0.4) is 0 Å². The van der Waals surface area contributed by atoms with E-state index >= 15 is 0 Å². The van der Waals surface area contributed by atoms with Crippen LogP contribution in [0.4, 0.5) is 5.69 Å². The van der Waals surface area contributed by atoms with Gasteiger partial charge in [0, 0.05) is 11.3 Å². The number of aromatic nitrogens is 1. The average molecular weight is 353 g/mol. The summed E-state index contributed by atoms with van der Waals surface area (Å²) in [5, 5.41) is 0.869. The Hall–Kier alpha value is -1.40. The first kappa shape index (κ1) is 13.6. The largest absolute Gasteiger partial charge is 0.490 e. The first-order chi connectivity index (χ1) is 9.72. The van der Waals surface area contributed by atoms with E-state index < -0.39 is 0 Å². The average Bonchev–Trinajstić information content (AvgIpc) is 2.66. The molecule has 0 saturated heterocycles. The number of hydrogen-bond donors (Lipinski definition) is 1. The molecule has 0 spiro atoms. The van der Waals surface area contributed by atoms with Gasteiger partial charge >= 0.3 is 0 Å². The molecule has 0 unspecified atom stereocenters. The van der Waals surface area contributed by atoms with Gasteiger partial charge < -0.3 is 15.2 Å². The van der Waals surface area contributed by atoms with Crippen LogP contribution in [0.2, 0.25) is 0 Å². The molecule has 0 fully saturated rings. The standard InChI is InChI=1S/C14H13BrN2O2S/c15-11-6-9(16)8-17-14(11)20-10-2-3-12-13(7-10)19-5-1-4-18-12/h2-3,6-8H,1,4-5,16H2. The van der Waals surface area contributed by atoms with Crippen LogP contribution in [0.5, 0.6) is 11.5 Å². The minimum atomic E-state index is 0.639. The van der Waals surface area contributed by atoms with Crippen LogP contribution in [0.15, 0.2) is 44.9 Å². The summed E-state index contributed by atoms with van der Waals surface area (Å²) in [5.74, 6) is 1.59. The minimum absolute atomic E-state index is 0.639. The SMILES string of the molecule is Nc1cnc(Sc2ccc3c(c2)OCCCO3)c(Br)c1. The number of anilines is 1. The van der Waals surface area contributed by atoms with Crippen LogP contribution in [-0.4, -0.2) is 18.2 Å². The maximum absolute atomic E-state index is 5.69. The highest BCUT2D eigenvalue weighted by atomic mass is 79.9. The molecule has 0 radical (unpaired) electrons. The van der Waals surface area contributed by atoms with Crippen molar-refractivity contribution in [2.45, 2.75) is 16.3 Å². The third-order valence-corrected chi connectivity index (χ3v) is 4.64. The molecule has 0 atom stereocenters. The van der Waals surface area contributed by atoms with E-state index in [0.717, 1.165) is 32.3 Å². The first-order valence-electron chi connectivity index (χ1n) is 6.21. The topological polar surface area (TPSA) is 57.4 Å². The number of hydrogen-bond acceptors (Lipinski definition) is 5. The highest BCUT2D eigenvalue weighted by molar-refractivity contribution is 9.10. The van der Waals surface area contributed by atoms with Gasteiger partial charge in [0.25, 0.3) is 0 Å². The second-order valence-electron chi connectivity index (χ2n) is 4.32. The number of nitrogens with zero attached hydrogens (tertiary/aromatic N) is 1. The molecule has 1 aromatic heterocycles. The zero-order valence-corrected chi connectivity index (χ0v) is 13.0. The van der Waals surface area contributed by atoms with Gasteiger partial charge in [-0.1, -0.05) is 11.8 Å². The second kappa shape index (κ2) is 5.93. The van der Waals surface area contributed by atoms with Crippen LogP contribution in [0.1, 0.15) is 6.42 Å². The van der Waals surface area contributed by atoms with Crippen molar-refractivity contribution in [2.24, 2.45) is 0 Å². The lowest BCUT2D eigenvalue weighted by molar-refractivity contribution is 0.297. The number of ether oxygens (including phenoxy) is 2. The first-order valence-corrected chi connectivity index (χ1v) is 7.82. The van der Waals surface area contributed by atoms with Crippen molar-refractivity contribution >= 4 is 33.4 Å². The Balaban J connectivity index is 1.86. The fraction of sp³-hybridized carbons (Fsp3) is 0.214. The Labute approximate surface area is 129 Å². The van der Waals surface area contributed by atoms with Crippen molar-refractivity contribution in [3.63, 3.8) is 0 Å². The van der Waals surface area contributed by atoms with Gasteiger partial charge in [-0.3, -0.25) is 0 Å². The molecule has 1 aliphatic heterocycles. The summed E-state index contributed by atoms with van der Waals surface area (Å²) in [4.78, 5) is 5.37. The molecule has 2 N–H and O–H groups in total. The van der Waals surface area contributed by atoms with Crippen molar-refractivity contribution in [1.82, 2.24) is 4.98 Å². The van der Waals surface area contributed by atoms with Gasteiger partial charge in [0.2, 0.25) is 0 Å². The molecule has 3 rings (SSSR count). The number of rotatable bonds is 2. The summed E-state index contributed by atoms with van der Waals surface area (Å²) in [7, 11) is 0. The molecular formula is C14H13BrN2O2S. The van der Waals surface area contributed by atoms with Crippen molar-refractivity contribution in [1.29, 1.82) is 0 Å². The number of benzene rings is 1. The van der Waals surface area contributed by atoms with E-state index in [4.69, 9.17) is 15.2 Å². The smallest absolute Gasteiger partial charge is 0.162 e. The molecule has 6 heteroatoms. The fourth-order valence-electron chi connectivity index (χ4n) is 1.83. The maximum Gasteiger partial charge on any atom is 0.162 e. The molecule has 20 heavy (non-hydrogen) atoms. The number of nitrogens with two attached hydrogens (primary N) is 1. The molecule has 4 nitrogen and oxygen atoms in total. The zero-order valence-electron chi connectivity index (χ0n) is 10.6. The molecule has 0 bridgehead atoms. The molecule has 1 aromatic carbocycles. The van der Waals surface area contributed by atoms with Crippen LogP contribution < -0.4 is 15.2 Å². The van der Waals surface area contributed by atoms with Gasteiger partial charge in [-0.2, -0.15) is 0 Å². The summed E-state index contributed by atoms with van der Waals surface area (Å²) in [6.07, 6.45) is 2.55. The number of nitrogen functional groups attached to an aromatic ring is 1. The molecular weight excluding hydrogens is 340 g/mol. The van der Waals surface area contributed by atoms with E-state index in [2.05, 4.69) is 20.9 Å². The van der Waals surface area contributed by atoms with Gasteiger partial charge in [0.1, 0.15) is 5.03 Å².